The van der Waals surface area contributed by atoms with Gasteiger partial charge in [0.25, 0.3) is 0 Å². The molecular formula is C12H18BrClN4O. The van der Waals surface area contributed by atoms with E-state index >= 15 is 0 Å². The van der Waals surface area contributed by atoms with Crippen LogP contribution >= 0.6 is 27.5 Å². The number of hydrogen-bond donors (Lipinski definition) is 0. The van der Waals surface area contributed by atoms with E-state index in [9.17, 15) is 0 Å². The van der Waals surface area contributed by atoms with E-state index < -0.39 is 0 Å². The highest BCUT2D eigenvalue weighted by Gasteiger charge is 2.18. The van der Waals surface area contributed by atoms with Gasteiger partial charge in [-0.15, -0.1) is 0 Å². The van der Waals surface area contributed by atoms with Crippen molar-refractivity contribution in [3.05, 3.63) is 11.2 Å². The van der Waals surface area contributed by atoms with E-state index in [2.05, 4.69) is 35.7 Å². The van der Waals surface area contributed by atoms with Crippen molar-refractivity contribution >= 4 is 33.3 Å². The maximum atomic E-state index is 6.19. The van der Waals surface area contributed by atoms with Crippen molar-refractivity contribution in [1.29, 1.82) is 0 Å². The summed E-state index contributed by atoms with van der Waals surface area (Å²) in [5, 5.41) is 1.59. The van der Waals surface area contributed by atoms with Crippen LogP contribution in [0.2, 0.25) is 5.02 Å². The monoisotopic (exact) mass is 348 g/mol. The maximum absolute atomic E-state index is 6.19. The van der Waals surface area contributed by atoms with Crippen molar-refractivity contribution in [1.82, 2.24) is 14.9 Å². The molecule has 0 amide bonds. The van der Waals surface area contributed by atoms with E-state index in [0.29, 0.717) is 11.0 Å². The van der Waals surface area contributed by atoms with Crippen molar-refractivity contribution in [3.63, 3.8) is 0 Å². The average Bonchev–Trinajstić information content (AvgIpc) is 2.65. The fourth-order valence-corrected chi connectivity index (χ4v) is 2.90. The summed E-state index contributed by atoms with van der Waals surface area (Å²) >= 11 is 9.68. The molecule has 106 valence electrons. The first-order chi connectivity index (χ1) is 9.24. The summed E-state index contributed by atoms with van der Waals surface area (Å²) in [6.07, 6.45) is 2.71. The van der Waals surface area contributed by atoms with Crippen LogP contribution in [0.25, 0.3) is 0 Å². The molecule has 1 fully saturated rings. The molecule has 5 nitrogen and oxygen atoms in total. The van der Waals surface area contributed by atoms with Crippen LogP contribution in [0.5, 0.6) is 6.01 Å². The molecule has 7 heteroatoms. The Morgan fingerprint density at radius 3 is 2.95 bits per heavy atom. The predicted molar refractivity (Wildman–Crippen MR) is 80.7 cm³/mol. The number of ether oxygens (including phenoxy) is 1. The highest BCUT2D eigenvalue weighted by atomic mass is 79.9. The molecule has 0 bridgehead atoms. The van der Waals surface area contributed by atoms with Crippen LogP contribution in [0.4, 0.5) is 5.82 Å². The van der Waals surface area contributed by atoms with Gasteiger partial charge in [-0.25, -0.2) is 4.98 Å². The summed E-state index contributed by atoms with van der Waals surface area (Å²) in [6.45, 7) is 5.09. The Labute approximate surface area is 127 Å². The van der Waals surface area contributed by atoms with Gasteiger partial charge in [-0.1, -0.05) is 27.5 Å². The van der Waals surface area contributed by atoms with Crippen LogP contribution in [0, 0.1) is 0 Å². The topological polar surface area (TPSA) is 41.5 Å². The number of aromatic nitrogens is 2. The van der Waals surface area contributed by atoms with Gasteiger partial charge in [-0.05, 0) is 13.0 Å². The summed E-state index contributed by atoms with van der Waals surface area (Å²) in [6, 6.07) is 0.362. The fourth-order valence-electron chi connectivity index (χ4n) is 2.19. The third kappa shape index (κ3) is 3.94. The molecule has 0 spiro atoms. The smallest absolute Gasteiger partial charge is 0.318 e. The normalized spacial score (nSPS) is 17.3. The molecule has 0 atom stereocenters. The van der Waals surface area contributed by atoms with Crippen LogP contribution in [0.1, 0.15) is 6.42 Å². The molecule has 1 aromatic rings. The molecule has 0 radical (unpaired) electrons. The predicted octanol–water partition coefficient (Wildman–Crippen LogP) is 2.05. The van der Waals surface area contributed by atoms with Gasteiger partial charge in [-0.3, -0.25) is 0 Å². The lowest BCUT2D eigenvalue weighted by Gasteiger charge is -2.23. The summed E-state index contributed by atoms with van der Waals surface area (Å²) < 4.78 is 5.07. The fraction of sp³-hybridized carbons (Fsp3) is 0.667. The summed E-state index contributed by atoms with van der Waals surface area (Å²) in [5.41, 5.74) is 0. The standard InChI is InChI=1S/C12H18BrClN4O/c1-19-12-15-9-10(14)11(16-12)18-5-2-4-17(6-3-13)7-8-18/h9H,2-8H2,1H3. The molecule has 1 saturated heterocycles. The average molecular weight is 350 g/mol. The van der Waals surface area contributed by atoms with Gasteiger partial charge in [0.05, 0.1) is 13.3 Å². The van der Waals surface area contributed by atoms with E-state index in [0.717, 1.165) is 50.3 Å². The molecule has 0 aromatic carbocycles. The second-order valence-corrected chi connectivity index (χ2v) is 5.60. The van der Waals surface area contributed by atoms with Gasteiger partial charge in [0.1, 0.15) is 5.02 Å². The van der Waals surface area contributed by atoms with Gasteiger partial charge >= 0.3 is 6.01 Å². The van der Waals surface area contributed by atoms with Crippen molar-refractivity contribution in [2.75, 3.05) is 50.1 Å². The second-order valence-electron chi connectivity index (χ2n) is 4.40. The zero-order valence-electron chi connectivity index (χ0n) is 11.0. The summed E-state index contributed by atoms with van der Waals surface area (Å²) in [5.74, 6) is 0.772. The Hall–Kier alpha value is -0.590. The Morgan fingerprint density at radius 2 is 2.21 bits per heavy atom. The number of alkyl halides is 1. The number of nitrogens with zero attached hydrogens (tertiary/aromatic N) is 4. The minimum Gasteiger partial charge on any atom is -0.467 e. The molecule has 2 rings (SSSR count). The zero-order chi connectivity index (χ0) is 13.7. The van der Waals surface area contributed by atoms with Crippen LogP contribution < -0.4 is 9.64 Å². The van der Waals surface area contributed by atoms with Crippen LogP contribution in [-0.2, 0) is 0 Å². The van der Waals surface area contributed by atoms with E-state index in [1.807, 2.05) is 0 Å². The lowest BCUT2D eigenvalue weighted by molar-refractivity contribution is 0.313. The third-order valence-corrected chi connectivity index (χ3v) is 3.80. The first-order valence-electron chi connectivity index (χ1n) is 6.34. The molecular weight excluding hydrogens is 332 g/mol. The Kier molecular flexibility index (Phi) is 5.66. The molecule has 0 saturated carbocycles. The number of halogens is 2. The van der Waals surface area contributed by atoms with Crippen LogP contribution in [-0.4, -0.2) is 60.0 Å². The molecule has 1 aromatic heterocycles. The van der Waals surface area contributed by atoms with E-state index in [1.165, 1.54) is 0 Å². The van der Waals surface area contributed by atoms with Crippen molar-refractivity contribution < 1.29 is 4.74 Å². The molecule has 19 heavy (non-hydrogen) atoms. The largest absolute Gasteiger partial charge is 0.467 e. The van der Waals surface area contributed by atoms with Gasteiger partial charge < -0.3 is 14.5 Å². The molecule has 1 aliphatic heterocycles. The summed E-state index contributed by atoms with van der Waals surface area (Å²) in [7, 11) is 1.56. The van der Waals surface area contributed by atoms with Gasteiger partial charge in [-0.2, -0.15) is 4.98 Å². The molecule has 0 aliphatic carbocycles. The van der Waals surface area contributed by atoms with Crippen molar-refractivity contribution in [3.8, 4) is 6.01 Å². The van der Waals surface area contributed by atoms with Crippen LogP contribution in [0.15, 0.2) is 6.20 Å². The minimum absolute atomic E-state index is 0.362. The highest BCUT2D eigenvalue weighted by Crippen LogP contribution is 2.25. The van der Waals surface area contributed by atoms with E-state index in [-0.39, 0.29) is 0 Å². The lowest BCUT2D eigenvalue weighted by Crippen LogP contribution is -2.32. The van der Waals surface area contributed by atoms with Gasteiger partial charge in [0, 0.05) is 31.5 Å². The number of rotatable bonds is 4. The Morgan fingerprint density at radius 1 is 1.37 bits per heavy atom. The maximum Gasteiger partial charge on any atom is 0.318 e. The molecule has 1 aliphatic rings. The first-order valence-corrected chi connectivity index (χ1v) is 7.84. The molecule has 0 N–H and O–H groups in total. The highest BCUT2D eigenvalue weighted by molar-refractivity contribution is 9.09. The Balaban J connectivity index is 2.09. The minimum atomic E-state index is 0.362. The van der Waals surface area contributed by atoms with Gasteiger partial charge in [0.2, 0.25) is 0 Å². The number of hydrogen-bond acceptors (Lipinski definition) is 5. The Bertz CT molecular complexity index is 421. The lowest BCUT2D eigenvalue weighted by atomic mass is 10.4. The quantitative estimate of drug-likeness (QED) is 0.778. The number of methoxy groups -OCH3 is 1. The van der Waals surface area contributed by atoms with Gasteiger partial charge in [0.15, 0.2) is 5.82 Å². The third-order valence-electron chi connectivity index (χ3n) is 3.17. The zero-order valence-corrected chi connectivity index (χ0v) is 13.3. The number of anilines is 1. The van der Waals surface area contributed by atoms with Crippen molar-refractivity contribution in [2.45, 2.75) is 6.42 Å². The van der Waals surface area contributed by atoms with Crippen molar-refractivity contribution in [2.24, 2.45) is 0 Å². The summed E-state index contributed by atoms with van der Waals surface area (Å²) in [4.78, 5) is 13.0. The first kappa shape index (κ1) is 14.8. The van der Waals surface area contributed by atoms with Crippen LogP contribution in [0.3, 0.4) is 0 Å². The molecule has 2 heterocycles. The van der Waals surface area contributed by atoms with E-state index in [4.69, 9.17) is 16.3 Å². The molecule has 0 unspecified atom stereocenters. The van der Waals surface area contributed by atoms with E-state index in [1.54, 1.807) is 13.3 Å². The second kappa shape index (κ2) is 7.26. The SMILES string of the molecule is COc1ncc(Cl)c(N2CCCN(CCBr)CC2)n1.